The molecule has 0 unspecified atom stereocenters. The van der Waals surface area contributed by atoms with E-state index < -0.39 is 12.0 Å². The molecule has 0 aliphatic heterocycles. The Bertz CT molecular complexity index is 362. The molecular formula is C14H21NO3. The average molecular weight is 251 g/mol. The van der Waals surface area contributed by atoms with Crippen molar-refractivity contribution in [1.29, 1.82) is 0 Å². The maximum atomic E-state index is 11.5. The summed E-state index contributed by atoms with van der Waals surface area (Å²) < 4.78 is 10.4. The second-order valence-electron chi connectivity index (χ2n) is 4.00. The third-order valence-electron chi connectivity index (χ3n) is 2.55. The van der Waals surface area contributed by atoms with Crippen LogP contribution in [0.5, 0.6) is 5.75 Å². The molecule has 4 heteroatoms. The van der Waals surface area contributed by atoms with Crippen molar-refractivity contribution in [3.05, 3.63) is 29.8 Å². The van der Waals surface area contributed by atoms with Crippen LogP contribution in [0.4, 0.5) is 0 Å². The van der Waals surface area contributed by atoms with Crippen LogP contribution in [0.3, 0.4) is 0 Å². The Labute approximate surface area is 108 Å². The molecule has 0 fully saturated rings. The van der Waals surface area contributed by atoms with E-state index >= 15 is 0 Å². The van der Waals surface area contributed by atoms with Gasteiger partial charge in [0.15, 0.2) is 0 Å². The van der Waals surface area contributed by atoms with Gasteiger partial charge in [-0.15, -0.1) is 0 Å². The van der Waals surface area contributed by atoms with Crippen LogP contribution in [0.1, 0.15) is 38.3 Å². The highest BCUT2D eigenvalue weighted by atomic mass is 16.5. The van der Waals surface area contributed by atoms with E-state index in [1.807, 2.05) is 12.1 Å². The Morgan fingerprint density at radius 1 is 1.28 bits per heavy atom. The van der Waals surface area contributed by atoms with Crippen molar-refractivity contribution in [2.24, 2.45) is 5.73 Å². The summed E-state index contributed by atoms with van der Waals surface area (Å²) >= 11 is 0. The second kappa shape index (κ2) is 7.71. The Balaban J connectivity index is 2.56. The van der Waals surface area contributed by atoms with Crippen LogP contribution >= 0.6 is 0 Å². The summed E-state index contributed by atoms with van der Waals surface area (Å²) in [4.78, 5) is 11.5. The van der Waals surface area contributed by atoms with Crippen LogP contribution in [-0.4, -0.2) is 19.2 Å². The Kier molecular flexibility index (Phi) is 6.22. The third-order valence-corrected chi connectivity index (χ3v) is 2.55. The molecule has 1 atom stereocenters. The van der Waals surface area contributed by atoms with E-state index in [0.29, 0.717) is 13.2 Å². The highest BCUT2D eigenvalue weighted by Gasteiger charge is 2.16. The Hall–Kier alpha value is -1.55. The minimum absolute atomic E-state index is 0.338. The Morgan fingerprint density at radius 2 is 1.94 bits per heavy atom. The van der Waals surface area contributed by atoms with Crippen molar-refractivity contribution in [2.45, 2.75) is 32.7 Å². The van der Waals surface area contributed by atoms with Gasteiger partial charge in [0.25, 0.3) is 0 Å². The van der Waals surface area contributed by atoms with Gasteiger partial charge in [-0.2, -0.15) is 0 Å². The lowest BCUT2D eigenvalue weighted by Crippen LogP contribution is -2.23. The molecule has 0 radical (unpaired) electrons. The predicted molar refractivity (Wildman–Crippen MR) is 70.4 cm³/mol. The van der Waals surface area contributed by atoms with Crippen LogP contribution in [0.2, 0.25) is 0 Å². The summed E-state index contributed by atoms with van der Waals surface area (Å²) in [5.74, 6) is 0.389. The molecule has 1 aromatic carbocycles. The smallest absolute Gasteiger partial charge is 0.327 e. The summed E-state index contributed by atoms with van der Waals surface area (Å²) in [6, 6.07) is 6.51. The summed E-state index contributed by atoms with van der Waals surface area (Å²) in [6.07, 6.45) is 2.13. The van der Waals surface area contributed by atoms with E-state index in [0.717, 1.165) is 24.2 Å². The normalized spacial score (nSPS) is 11.9. The van der Waals surface area contributed by atoms with Crippen LogP contribution in [0, 0.1) is 0 Å². The average Bonchev–Trinajstić information content (AvgIpc) is 2.39. The first-order valence-corrected chi connectivity index (χ1v) is 6.34. The number of carbonyl (C=O) groups is 1. The van der Waals surface area contributed by atoms with E-state index in [9.17, 15) is 4.79 Å². The first kappa shape index (κ1) is 14.5. The number of ether oxygens (including phenoxy) is 2. The number of hydrogen-bond acceptors (Lipinski definition) is 4. The van der Waals surface area contributed by atoms with Gasteiger partial charge in [-0.05, 0) is 31.0 Å². The van der Waals surface area contributed by atoms with Gasteiger partial charge in [-0.3, -0.25) is 0 Å². The molecule has 0 aliphatic carbocycles. The predicted octanol–water partition coefficient (Wildman–Crippen LogP) is 2.43. The van der Waals surface area contributed by atoms with Crippen LogP contribution in [-0.2, 0) is 9.53 Å². The zero-order valence-electron chi connectivity index (χ0n) is 11.0. The molecule has 100 valence electrons. The highest BCUT2D eigenvalue weighted by Crippen LogP contribution is 2.17. The van der Waals surface area contributed by atoms with Gasteiger partial charge in [0, 0.05) is 0 Å². The molecule has 0 aliphatic rings. The number of carbonyl (C=O) groups excluding carboxylic acids is 1. The fourth-order valence-electron chi connectivity index (χ4n) is 1.47. The molecule has 1 aromatic rings. The molecule has 0 saturated carbocycles. The lowest BCUT2D eigenvalue weighted by molar-refractivity contribution is -0.144. The number of benzene rings is 1. The minimum Gasteiger partial charge on any atom is -0.494 e. The maximum Gasteiger partial charge on any atom is 0.327 e. The fraction of sp³-hybridized carbons (Fsp3) is 0.500. The number of hydrogen-bond donors (Lipinski definition) is 1. The molecule has 18 heavy (non-hydrogen) atoms. The van der Waals surface area contributed by atoms with Crippen molar-refractivity contribution in [1.82, 2.24) is 0 Å². The first-order valence-electron chi connectivity index (χ1n) is 6.34. The van der Waals surface area contributed by atoms with Crippen LogP contribution < -0.4 is 10.5 Å². The molecule has 0 aromatic heterocycles. The minimum atomic E-state index is -0.727. The SMILES string of the molecule is CCCCOc1ccc([C@@H](N)C(=O)OCC)cc1. The molecule has 1 rings (SSSR count). The van der Waals surface area contributed by atoms with Gasteiger partial charge < -0.3 is 15.2 Å². The largest absolute Gasteiger partial charge is 0.494 e. The van der Waals surface area contributed by atoms with E-state index in [-0.39, 0.29) is 0 Å². The lowest BCUT2D eigenvalue weighted by atomic mass is 10.1. The molecular weight excluding hydrogens is 230 g/mol. The second-order valence-corrected chi connectivity index (χ2v) is 4.00. The van der Waals surface area contributed by atoms with Crippen molar-refractivity contribution in [3.8, 4) is 5.75 Å². The zero-order chi connectivity index (χ0) is 13.4. The monoisotopic (exact) mass is 251 g/mol. The molecule has 0 saturated heterocycles. The number of esters is 1. The molecule has 0 amide bonds. The highest BCUT2D eigenvalue weighted by molar-refractivity contribution is 5.77. The van der Waals surface area contributed by atoms with Crippen molar-refractivity contribution in [2.75, 3.05) is 13.2 Å². The Morgan fingerprint density at radius 3 is 2.50 bits per heavy atom. The van der Waals surface area contributed by atoms with Gasteiger partial charge in [-0.1, -0.05) is 25.5 Å². The third kappa shape index (κ3) is 4.37. The quantitative estimate of drug-likeness (QED) is 0.597. The van der Waals surface area contributed by atoms with Gasteiger partial charge in [0.2, 0.25) is 0 Å². The summed E-state index contributed by atoms with van der Waals surface area (Å²) in [6.45, 7) is 4.92. The molecule has 0 spiro atoms. The van der Waals surface area contributed by atoms with E-state index in [1.54, 1.807) is 19.1 Å². The number of nitrogens with two attached hydrogens (primary N) is 1. The summed E-state index contributed by atoms with van der Waals surface area (Å²) in [5.41, 5.74) is 6.51. The van der Waals surface area contributed by atoms with E-state index in [4.69, 9.17) is 15.2 Å². The topological polar surface area (TPSA) is 61.5 Å². The van der Waals surface area contributed by atoms with Gasteiger partial charge in [-0.25, -0.2) is 4.79 Å². The van der Waals surface area contributed by atoms with Crippen molar-refractivity contribution < 1.29 is 14.3 Å². The van der Waals surface area contributed by atoms with E-state index in [2.05, 4.69) is 6.92 Å². The standard InChI is InChI=1S/C14H21NO3/c1-3-5-10-18-12-8-6-11(7-9-12)13(15)14(16)17-4-2/h6-9,13H,3-5,10,15H2,1-2H3/t13-/m1/s1. The van der Waals surface area contributed by atoms with Crippen LogP contribution in [0.15, 0.2) is 24.3 Å². The number of rotatable bonds is 7. The van der Waals surface area contributed by atoms with Gasteiger partial charge >= 0.3 is 5.97 Å². The summed E-state index contributed by atoms with van der Waals surface area (Å²) in [5, 5.41) is 0. The number of unbranched alkanes of at least 4 members (excludes halogenated alkanes) is 1. The van der Waals surface area contributed by atoms with Crippen molar-refractivity contribution >= 4 is 5.97 Å². The van der Waals surface area contributed by atoms with Gasteiger partial charge in [0.05, 0.1) is 13.2 Å². The van der Waals surface area contributed by atoms with E-state index in [1.165, 1.54) is 0 Å². The molecule has 0 heterocycles. The van der Waals surface area contributed by atoms with Gasteiger partial charge in [0.1, 0.15) is 11.8 Å². The molecule has 2 N–H and O–H groups in total. The van der Waals surface area contributed by atoms with Crippen molar-refractivity contribution in [3.63, 3.8) is 0 Å². The van der Waals surface area contributed by atoms with Crippen LogP contribution in [0.25, 0.3) is 0 Å². The lowest BCUT2D eigenvalue weighted by Gasteiger charge is -2.11. The molecule has 0 bridgehead atoms. The zero-order valence-corrected chi connectivity index (χ0v) is 11.0. The fourth-order valence-corrected chi connectivity index (χ4v) is 1.47. The summed E-state index contributed by atoms with van der Waals surface area (Å²) in [7, 11) is 0. The molecule has 4 nitrogen and oxygen atoms in total. The first-order chi connectivity index (χ1) is 8.69. The maximum absolute atomic E-state index is 11.5.